The van der Waals surface area contributed by atoms with Crippen LogP contribution in [0.5, 0.6) is 0 Å². The van der Waals surface area contributed by atoms with Crippen molar-refractivity contribution >= 4 is 23.2 Å². The van der Waals surface area contributed by atoms with Crippen molar-refractivity contribution in [2.45, 2.75) is 56.8 Å². The van der Waals surface area contributed by atoms with E-state index in [-0.39, 0.29) is 17.1 Å². The highest BCUT2D eigenvalue weighted by atomic mass is 19.1. The van der Waals surface area contributed by atoms with Gasteiger partial charge in [0.05, 0.1) is 6.20 Å². The van der Waals surface area contributed by atoms with E-state index < -0.39 is 11.6 Å². The van der Waals surface area contributed by atoms with Gasteiger partial charge < -0.3 is 10.2 Å². The SMILES string of the molecule is CC1=Nc2c(F)cc(-c3nc(Nc4ccc(C5CCN(C)CC5)cn4)ncc3F)cc2C12CCCC2. The molecule has 36 heavy (non-hydrogen) atoms. The number of piperidine rings is 1. The smallest absolute Gasteiger partial charge is 0.229 e. The zero-order chi connectivity index (χ0) is 24.9. The number of fused-ring (bicyclic) bond motifs is 2. The number of likely N-dealkylation sites (tertiary alicyclic amines) is 1. The van der Waals surface area contributed by atoms with Crippen molar-refractivity contribution in [3.8, 4) is 11.3 Å². The van der Waals surface area contributed by atoms with E-state index in [2.05, 4.69) is 43.3 Å². The largest absolute Gasteiger partial charge is 0.309 e. The van der Waals surface area contributed by atoms with Crippen molar-refractivity contribution < 1.29 is 8.78 Å². The van der Waals surface area contributed by atoms with Gasteiger partial charge in [-0.2, -0.15) is 0 Å². The number of aliphatic imine (C=N–C) groups is 1. The van der Waals surface area contributed by atoms with Crippen molar-refractivity contribution in [1.29, 1.82) is 0 Å². The lowest BCUT2D eigenvalue weighted by atomic mass is 9.76. The van der Waals surface area contributed by atoms with Crippen LogP contribution in [0, 0.1) is 11.6 Å². The van der Waals surface area contributed by atoms with E-state index in [1.807, 2.05) is 25.3 Å². The summed E-state index contributed by atoms with van der Waals surface area (Å²) in [6, 6.07) is 7.18. The van der Waals surface area contributed by atoms with Crippen LogP contribution in [0.15, 0.2) is 41.7 Å². The molecule has 8 heteroatoms. The maximum absolute atomic E-state index is 15.1. The number of rotatable bonds is 4. The van der Waals surface area contributed by atoms with Gasteiger partial charge in [0, 0.05) is 22.9 Å². The number of aromatic nitrogens is 3. The second-order valence-corrected chi connectivity index (χ2v) is 10.4. The van der Waals surface area contributed by atoms with E-state index >= 15 is 4.39 Å². The van der Waals surface area contributed by atoms with E-state index in [0.29, 0.717) is 23.0 Å². The summed E-state index contributed by atoms with van der Waals surface area (Å²) in [5.41, 5.74) is 3.64. The van der Waals surface area contributed by atoms with Crippen molar-refractivity contribution in [2.24, 2.45) is 4.99 Å². The van der Waals surface area contributed by atoms with Gasteiger partial charge in [0.2, 0.25) is 5.95 Å². The number of hydrogen-bond acceptors (Lipinski definition) is 6. The third-order valence-electron chi connectivity index (χ3n) is 8.24. The standard InChI is InChI=1S/C28H30F2N6/c1-17-28(9-3-4-10-28)21-13-20(14-22(29)26(21)33-17)25-23(30)16-32-27(35-25)34-24-6-5-19(15-31-24)18-7-11-36(2)12-8-18/h5-6,13-16,18H,3-4,7-12H2,1-2H3,(H,31,32,34,35). The monoisotopic (exact) mass is 488 g/mol. The fraction of sp³-hybridized carbons (Fsp3) is 0.429. The summed E-state index contributed by atoms with van der Waals surface area (Å²) >= 11 is 0. The summed E-state index contributed by atoms with van der Waals surface area (Å²) in [5.74, 6) is 0.279. The zero-order valence-corrected chi connectivity index (χ0v) is 20.7. The maximum Gasteiger partial charge on any atom is 0.229 e. The number of nitrogens with one attached hydrogen (secondary N) is 1. The van der Waals surface area contributed by atoms with E-state index in [1.54, 1.807) is 0 Å². The zero-order valence-electron chi connectivity index (χ0n) is 20.7. The minimum atomic E-state index is -0.596. The first-order chi connectivity index (χ1) is 17.4. The Hall–Kier alpha value is -3.26. The average Bonchev–Trinajstić information content (AvgIpc) is 3.48. The molecule has 1 spiro atoms. The molecule has 2 aliphatic heterocycles. The maximum atomic E-state index is 15.1. The topological polar surface area (TPSA) is 66.3 Å². The minimum Gasteiger partial charge on any atom is -0.309 e. The second-order valence-electron chi connectivity index (χ2n) is 10.4. The molecule has 0 unspecified atom stereocenters. The number of pyridine rings is 1. The van der Waals surface area contributed by atoms with Crippen LogP contribution in [0.3, 0.4) is 0 Å². The minimum absolute atomic E-state index is 0.0647. The molecular formula is C28H30F2N6. The van der Waals surface area contributed by atoms with Gasteiger partial charge in [-0.1, -0.05) is 18.9 Å². The highest BCUT2D eigenvalue weighted by molar-refractivity contribution is 6.01. The molecule has 1 N–H and O–H groups in total. The summed E-state index contributed by atoms with van der Waals surface area (Å²) < 4.78 is 30.0. The Kier molecular flexibility index (Phi) is 5.79. The van der Waals surface area contributed by atoms with Gasteiger partial charge in [0.1, 0.15) is 23.0 Å². The molecule has 1 aliphatic carbocycles. The van der Waals surface area contributed by atoms with Crippen molar-refractivity contribution in [3.63, 3.8) is 0 Å². The van der Waals surface area contributed by atoms with Crippen LogP contribution in [0.2, 0.25) is 0 Å². The molecular weight excluding hydrogens is 458 g/mol. The predicted molar refractivity (Wildman–Crippen MR) is 137 cm³/mol. The molecule has 1 aromatic carbocycles. The molecule has 6 rings (SSSR count). The predicted octanol–water partition coefficient (Wildman–Crippen LogP) is 6.29. The van der Waals surface area contributed by atoms with Gasteiger partial charge in [-0.3, -0.25) is 4.99 Å². The number of halogens is 2. The lowest BCUT2D eigenvalue weighted by Crippen LogP contribution is -2.29. The van der Waals surface area contributed by atoms with E-state index in [0.717, 1.165) is 69.1 Å². The number of nitrogens with zero attached hydrogens (tertiary/aromatic N) is 5. The van der Waals surface area contributed by atoms with Crippen molar-refractivity contribution in [2.75, 3.05) is 25.5 Å². The second kappa shape index (κ2) is 9.00. The number of hydrogen-bond donors (Lipinski definition) is 1. The van der Waals surface area contributed by atoms with Crippen molar-refractivity contribution in [1.82, 2.24) is 19.9 Å². The van der Waals surface area contributed by atoms with Crippen LogP contribution < -0.4 is 5.32 Å². The summed E-state index contributed by atoms with van der Waals surface area (Å²) in [7, 11) is 2.15. The molecule has 0 amide bonds. The molecule has 0 bridgehead atoms. The molecule has 4 heterocycles. The third kappa shape index (κ3) is 3.97. The number of anilines is 2. The van der Waals surface area contributed by atoms with Crippen LogP contribution in [0.4, 0.5) is 26.2 Å². The Morgan fingerprint density at radius 1 is 1.00 bits per heavy atom. The molecule has 1 saturated carbocycles. The molecule has 3 aliphatic rings. The molecule has 0 atom stereocenters. The molecule has 2 aromatic heterocycles. The van der Waals surface area contributed by atoms with Gasteiger partial charge >= 0.3 is 0 Å². The Morgan fingerprint density at radius 3 is 2.50 bits per heavy atom. The normalized spacial score (nSPS) is 19.5. The number of benzene rings is 1. The first-order valence-electron chi connectivity index (χ1n) is 12.8. The van der Waals surface area contributed by atoms with Gasteiger partial charge in [0.25, 0.3) is 0 Å². The van der Waals surface area contributed by atoms with Gasteiger partial charge in [-0.25, -0.2) is 23.7 Å². The Bertz CT molecular complexity index is 1320. The van der Waals surface area contributed by atoms with Gasteiger partial charge in [-0.05, 0) is 88.0 Å². The fourth-order valence-electron chi connectivity index (χ4n) is 6.10. The summed E-state index contributed by atoms with van der Waals surface area (Å²) in [6.45, 7) is 4.16. The lowest BCUT2D eigenvalue weighted by molar-refractivity contribution is 0.255. The van der Waals surface area contributed by atoms with Crippen LogP contribution in [-0.4, -0.2) is 45.7 Å². The van der Waals surface area contributed by atoms with Crippen LogP contribution in [0.1, 0.15) is 62.5 Å². The molecule has 1 saturated heterocycles. The van der Waals surface area contributed by atoms with Crippen LogP contribution in [-0.2, 0) is 5.41 Å². The van der Waals surface area contributed by atoms with E-state index in [9.17, 15) is 4.39 Å². The Balaban J connectivity index is 1.27. The summed E-state index contributed by atoms with van der Waals surface area (Å²) in [4.78, 5) is 19.9. The van der Waals surface area contributed by atoms with E-state index in [1.165, 1.54) is 11.6 Å². The molecule has 186 valence electrons. The molecule has 6 nitrogen and oxygen atoms in total. The highest BCUT2D eigenvalue weighted by Gasteiger charge is 2.44. The first kappa shape index (κ1) is 23.2. The Labute approximate surface area is 209 Å². The molecule has 0 radical (unpaired) electrons. The lowest BCUT2D eigenvalue weighted by Gasteiger charge is -2.29. The van der Waals surface area contributed by atoms with Crippen LogP contribution in [0.25, 0.3) is 11.3 Å². The van der Waals surface area contributed by atoms with Crippen molar-refractivity contribution in [3.05, 3.63) is 59.4 Å². The van der Waals surface area contributed by atoms with Gasteiger partial charge in [0.15, 0.2) is 5.82 Å². The Morgan fingerprint density at radius 2 is 1.78 bits per heavy atom. The molecule has 2 fully saturated rings. The van der Waals surface area contributed by atoms with Crippen LogP contribution >= 0.6 is 0 Å². The van der Waals surface area contributed by atoms with Gasteiger partial charge in [-0.15, -0.1) is 0 Å². The first-order valence-corrected chi connectivity index (χ1v) is 12.8. The van der Waals surface area contributed by atoms with E-state index in [4.69, 9.17) is 0 Å². The summed E-state index contributed by atoms with van der Waals surface area (Å²) in [6.07, 6.45) is 9.30. The average molecular weight is 489 g/mol. The third-order valence-corrected chi connectivity index (χ3v) is 8.24. The highest BCUT2D eigenvalue weighted by Crippen LogP contribution is 2.52. The fourth-order valence-corrected chi connectivity index (χ4v) is 6.10. The molecule has 3 aromatic rings. The quantitative estimate of drug-likeness (QED) is 0.468. The summed E-state index contributed by atoms with van der Waals surface area (Å²) in [5, 5.41) is 3.08.